The highest BCUT2D eigenvalue weighted by atomic mass is 32.2. The molecule has 0 saturated heterocycles. The van der Waals surface area contributed by atoms with Gasteiger partial charge in [-0.05, 0) is 109 Å². The van der Waals surface area contributed by atoms with E-state index in [1.165, 1.54) is 12.1 Å². The molecular weight excluding hydrogens is 440 g/mol. The third kappa shape index (κ3) is 3.85. The van der Waals surface area contributed by atoms with Crippen LogP contribution in [0.15, 0.2) is 92.4 Å². The summed E-state index contributed by atoms with van der Waals surface area (Å²) in [7, 11) is -7.36. The van der Waals surface area contributed by atoms with Gasteiger partial charge in [-0.15, -0.1) is 0 Å². The Balaban J connectivity index is 1.77. The molecule has 4 aromatic rings. The second-order valence-corrected chi connectivity index (χ2v) is 12.1. The molecule has 0 aromatic heterocycles. The Labute approximate surface area is 189 Å². The van der Waals surface area contributed by atoms with E-state index < -0.39 is 19.7 Å². The van der Waals surface area contributed by atoms with Gasteiger partial charge >= 0.3 is 0 Å². The molecule has 164 valence electrons. The van der Waals surface area contributed by atoms with Gasteiger partial charge in [0.1, 0.15) is 0 Å². The van der Waals surface area contributed by atoms with Crippen molar-refractivity contribution in [1.82, 2.24) is 0 Å². The number of sulfone groups is 2. The van der Waals surface area contributed by atoms with Crippen LogP contribution in [0.2, 0.25) is 0 Å². The summed E-state index contributed by atoms with van der Waals surface area (Å²) in [6.45, 7) is 7.63. The van der Waals surface area contributed by atoms with Crippen LogP contribution in [0.4, 0.5) is 0 Å². The Morgan fingerprint density at radius 1 is 0.406 bits per heavy atom. The molecule has 0 aliphatic carbocycles. The summed E-state index contributed by atoms with van der Waals surface area (Å²) >= 11 is 0. The Bertz CT molecular complexity index is 1460. The number of fused-ring (bicyclic) bond motifs is 1. The number of hydrogen-bond acceptors (Lipinski definition) is 4. The minimum absolute atomic E-state index is 0.179. The molecule has 4 rings (SSSR count). The van der Waals surface area contributed by atoms with E-state index in [2.05, 4.69) is 0 Å². The molecule has 0 atom stereocenters. The van der Waals surface area contributed by atoms with Crippen molar-refractivity contribution >= 4 is 30.4 Å². The van der Waals surface area contributed by atoms with Gasteiger partial charge in [-0.3, -0.25) is 0 Å². The second-order valence-electron chi connectivity index (χ2n) is 8.17. The second kappa shape index (κ2) is 7.87. The topological polar surface area (TPSA) is 68.3 Å². The third-order valence-corrected chi connectivity index (χ3v) is 9.48. The van der Waals surface area contributed by atoms with Crippen LogP contribution in [0, 0.1) is 27.7 Å². The van der Waals surface area contributed by atoms with Gasteiger partial charge < -0.3 is 0 Å². The lowest BCUT2D eigenvalue weighted by atomic mass is 10.1. The fourth-order valence-corrected chi connectivity index (χ4v) is 6.33. The molecule has 6 heteroatoms. The predicted octanol–water partition coefficient (Wildman–Crippen LogP) is 5.74. The summed E-state index contributed by atoms with van der Waals surface area (Å²) < 4.78 is 52.5. The first-order valence-corrected chi connectivity index (χ1v) is 13.2. The highest BCUT2D eigenvalue weighted by molar-refractivity contribution is 7.91. The van der Waals surface area contributed by atoms with Gasteiger partial charge in [-0.25, -0.2) is 16.8 Å². The van der Waals surface area contributed by atoms with Crippen molar-refractivity contribution < 1.29 is 16.8 Å². The van der Waals surface area contributed by atoms with E-state index in [9.17, 15) is 16.8 Å². The lowest BCUT2D eigenvalue weighted by molar-refractivity contribution is 0.594. The fraction of sp³-hybridized carbons (Fsp3) is 0.154. The van der Waals surface area contributed by atoms with Crippen LogP contribution < -0.4 is 0 Å². The van der Waals surface area contributed by atoms with Gasteiger partial charge in [0.25, 0.3) is 0 Å². The highest BCUT2D eigenvalue weighted by Gasteiger charge is 2.21. The summed E-state index contributed by atoms with van der Waals surface area (Å²) in [5.74, 6) is 0. The van der Waals surface area contributed by atoms with Gasteiger partial charge in [-0.2, -0.15) is 0 Å². The molecule has 0 radical (unpaired) electrons. The van der Waals surface area contributed by atoms with Crippen molar-refractivity contribution in [2.24, 2.45) is 0 Å². The first-order chi connectivity index (χ1) is 15.0. The highest BCUT2D eigenvalue weighted by Crippen LogP contribution is 2.29. The smallest absolute Gasteiger partial charge is 0.206 e. The zero-order chi connectivity index (χ0) is 23.3. The lowest BCUT2D eigenvalue weighted by Gasteiger charge is -2.10. The summed E-state index contributed by atoms with van der Waals surface area (Å²) in [5, 5.41) is 1.32. The van der Waals surface area contributed by atoms with Crippen LogP contribution in [0.25, 0.3) is 10.8 Å². The molecule has 0 aliphatic rings. The number of rotatable bonds is 4. The van der Waals surface area contributed by atoms with Crippen molar-refractivity contribution in [2.75, 3.05) is 0 Å². The van der Waals surface area contributed by atoms with E-state index in [-0.39, 0.29) is 19.6 Å². The number of aryl methyl sites for hydroxylation is 4. The van der Waals surface area contributed by atoms with Gasteiger partial charge in [0, 0.05) is 0 Å². The van der Waals surface area contributed by atoms with E-state index in [0.717, 1.165) is 22.3 Å². The zero-order valence-electron chi connectivity index (χ0n) is 18.4. The first-order valence-electron chi connectivity index (χ1n) is 10.2. The van der Waals surface area contributed by atoms with Gasteiger partial charge in [0.2, 0.25) is 19.7 Å². The lowest BCUT2D eigenvalue weighted by Crippen LogP contribution is -2.04. The van der Waals surface area contributed by atoms with Crippen molar-refractivity contribution in [1.29, 1.82) is 0 Å². The Morgan fingerprint density at radius 2 is 0.719 bits per heavy atom. The average molecular weight is 465 g/mol. The molecule has 32 heavy (non-hydrogen) atoms. The van der Waals surface area contributed by atoms with E-state index in [1.807, 2.05) is 27.7 Å². The fourth-order valence-electron chi connectivity index (χ4n) is 3.57. The van der Waals surface area contributed by atoms with Crippen LogP contribution in [0.3, 0.4) is 0 Å². The van der Waals surface area contributed by atoms with Gasteiger partial charge in [0.05, 0.1) is 19.6 Å². The van der Waals surface area contributed by atoms with Gasteiger partial charge in [0.15, 0.2) is 0 Å². The van der Waals surface area contributed by atoms with Gasteiger partial charge in [-0.1, -0.05) is 24.3 Å². The van der Waals surface area contributed by atoms with E-state index in [4.69, 9.17) is 0 Å². The quantitative estimate of drug-likeness (QED) is 0.386. The molecule has 0 spiro atoms. The molecular formula is C26H24O4S2. The Hall–Kier alpha value is -2.96. The number of hydrogen-bond donors (Lipinski definition) is 0. The van der Waals surface area contributed by atoms with Crippen LogP contribution in [0.5, 0.6) is 0 Å². The minimum Gasteiger partial charge on any atom is -0.219 e. The molecule has 0 amide bonds. The standard InChI is InChI=1S/C26H24O4S2/c1-17-5-9-23(13-19(17)3)31(27,28)25-11-7-22-16-26(12-8-21(22)15-25)32(29,30)24-10-6-18(2)20(4)14-24/h5-16H,1-4H3. The summed E-state index contributed by atoms with van der Waals surface area (Å²) in [6.07, 6.45) is 0. The molecule has 0 N–H and O–H groups in total. The third-order valence-electron chi connectivity index (χ3n) is 5.98. The molecule has 4 aromatic carbocycles. The summed E-state index contributed by atoms with van der Waals surface area (Å²) in [6, 6.07) is 19.7. The van der Waals surface area contributed by atoms with Crippen molar-refractivity contribution in [3.05, 3.63) is 95.1 Å². The normalized spacial score (nSPS) is 12.2. The predicted molar refractivity (Wildman–Crippen MR) is 127 cm³/mol. The molecule has 0 heterocycles. The van der Waals surface area contributed by atoms with E-state index in [1.54, 1.807) is 60.7 Å². The maximum Gasteiger partial charge on any atom is 0.206 e. The van der Waals surface area contributed by atoms with E-state index >= 15 is 0 Å². The monoisotopic (exact) mass is 464 g/mol. The zero-order valence-corrected chi connectivity index (χ0v) is 20.0. The van der Waals surface area contributed by atoms with Crippen molar-refractivity contribution in [2.45, 2.75) is 47.3 Å². The van der Waals surface area contributed by atoms with Crippen LogP contribution in [0.1, 0.15) is 22.3 Å². The molecule has 0 unspecified atom stereocenters. The maximum atomic E-state index is 13.1. The van der Waals surface area contributed by atoms with Crippen molar-refractivity contribution in [3.8, 4) is 0 Å². The number of benzene rings is 4. The molecule has 0 fully saturated rings. The summed E-state index contributed by atoms with van der Waals surface area (Å²) in [5.41, 5.74) is 3.88. The molecule has 0 saturated carbocycles. The largest absolute Gasteiger partial charge is 0.219 e. The molecule has 4 nitrogen and oxygen atoms in total. The Kier molecular flexibility index (Phi) is 5.47. The molecule has 0 bridgehead atoms. The van der Waals surface area contributed by atoms with Crippen molar-refractivity contribution in [3.63, 3.8) is 0 Å². The average Bonchev–Trinajstić information content (AvgIpc) is 2.76. The summed E-state index contributed by atoms with van der Waals surface area (Å²) in [4.78, 5) is 0.846. The van der Waals surface area contributed by atoms with Crippen LogP contribution in [-0.2, 0) is 19.7 Å². The van der Waals surface area contributed by atoms with Crippen LogP contribution >= 0.6 is 0 Å². The maximum absolute atomic E-state index is 13.1. The minimum atomic E-state index is -3.68. The Morgan fingerprint density at radius 3 is 1.06 bits per heavy atom. The van der Waals surface area contributed by atoms with Crippen LogP contribution in [-0.4, -0.2) is 16.8 Å². The molecule has 0 aliphatic heterocycles. The first kappa shape index (κ1) is 22.2. The SMILES string of the molecule is Cc1ccc(S(=O)(=O)c2ccc3cc(S(=O)(=O)c4ccc(C)c(C)c4)ccc3c2)cc1C. The van der Waals surface area contributed by atoms with E-state index in [0.29, 0.717) is 10.8 Å².